The largest absolute Gasteiger partial charge is 0.307 e. The van der Waals surface area contributed by atoms with Gasteiger partial charge in [0.2, 0.25) is 0 Å². The summed E-state index contributed by atoms with van der Waals surface area (Å²) in [4.78, 5) is 1.57. The number of fused-ring (bicyclic) bond motifs is 1. The summed E-state index contributed by atoms with van der Waals surface area (Å²) < 4.78 is 1.44. The summed E-state index contributed by atoms with van der Waals surface area (Å²) in [6.07, 6.45) is 10.7. The van der Waals surface area contributed by atoms with Crippen LogP contribution in [0.2, 0.25) is 0 Å². The van der Waals surface area contributed by atoms with Crippen molar-refractivity contribution in [3.05, 3.63) is 35.2 Å². The Bertz CT molecular complexity index is 533. The van der Waals surface area contributed by atoms with E-state index in [4.69, 9.17) is 0 Å². The van der Waals surface area contributed by atoms with Crippen molar-refractivity contribution in [2.45, 2.75) is 63.8 Å². The average Bonchev–Trinajstić information content (AvgIpc) is 2.97. The van der Waals surface area contributed by atoms with Gasteiger partial charge in [0, 0.05) is 9.58 Å². The van der Waals surface area contributed by atoms with Crippen LogP contribution in [-0.4, -0.2) is 6.54 Å². The first kappa shape index (κ1) is 15.1. The Morgan fingerprint density at radius 1 is 1.10 bits per heavy atom. The number of thiophene rings is 1. The summed E-state index contributed by atoms with van der Waals surface area (Å²) in [7, 11) is 0. The third-order valence-corrected chi connectivity index (χ3v) is 6.17. The fourth-order valence-corrected chi connectivity index (χ4v) is 4.87. The zero-order chi connectivity index (χ0) is 14.5. The van der Waals surface area contributed by atoms with Crippen LogP contribution in [0.15, 0.2) is 30.3 Å². The summed E-state index contributed by atoms with van der Waals surface area (Å²) in [5.74, 6) is 0. The SMILES string of the molecule is CCCCCNC1(c2cc3ccccc3s2)CCCCC1. The Kier molecular flexibility index (Phi) is 4.97. The summed E-state index contributed by atoms with van der Waals surface area (Å²) in [5.41, 5.74) is 0.260. The predicted molar refractivity (Wildman–Crippen MR) is 94.1 cm³/mol. The minimum atomic E-state index is 0.260. The minimum absolute atomic E-state index is 0.260. The Morgan fingerprint density at radius 3 is 2.67 bits per heavy atom. The molecule has 2 aromatic rings. The van der Waals surface area contributed by atoms with E-state index in [0.717, 1.165) is 0 Å². The van der Waals surface area contributed by atoms with Gasteiger partial charge < -0.3 is 5.32 Å². The zero-order valence-electron chi connectivity index (χ0n) is 13.2. The molecule has 1 N–H and O–H groups in total. The van der Waals surface area contributed by atoms with Crippen LogP contribution in [0, 0.1) is 0 Å². The van der Waals surface area contributed by atoms with Gasteiger partial charge >= 0.3 is 0 Å². The number of benzene rings is 1. The molecule has 0 spiro atoms. The monoisotopic (exact) mass is 301 g/mol. The van der Waals surface area contributed by atoms with E-state index < -0.39 is 0 Å². The van der Waals surface area contributed by atoms with Crippen molar-refractivity contribution in [2.24, 2.45) is 0 Å². The van der Waals surface area contributed by atoms with E-state index in [9.17, 15) is 0 Å². The van der Waals surface area contributed by atoms with Gasteiger partial charge in [-0.25, -0.2) is 0 Å². The quantitative estimate of drug-likeness (QED) is 0.661. The molecule has 0 aliphatic heterocycles. The van der Waals surface area contributed by atoms with E-state index in [-0.39, 0.29) is 5.54 Å². The third-order valence-electron chi connectivity index (χ3n) is 4.85. The Balaban J connectivity index is 1.83. The van der Waals surface area contributed by atoms with Gasteiger partial charge in [-0.15, -0.1) is 11.3 Å². The maximum absolute atomic E-state index is 3.96. The van der Waals surface area contributed by atoms with Gasteiger partial charge in [-0.3, -0.25) is 0 Å². The smallest absolute Gasteiger partial charge is 0.0529 e. The normalized spacial score (nSPS) is 18.1. The molecule has 1 saturated carbocycles. The molecule has 0 saturated heterocycles. The van der Waals surface area contributed by atoms with E-state index in [1.165, 1.54) is 68.0 Å². The summed E-state index contributed by atoms with van der Waals surface area (Å²) in [5, 5.41) is 5.37. The van der Waals surface area contributed by atoms with Crippen LogP contribution in [0.3, 0.4) is 0 Å². The van der Waals surface area contributed by atoms with Crippen LogP contribution in [0.1, 0.15) is 63.2 Å². The van der Waals surface area contributed by atoms with Gasteiger partial charge in [-0.2, -0.15) is 0 Å². The molecular weight excluding hydrogens is 274 g/mol. The fourth-order valence-electron chi connectivity index (χ4n) is 3.59. The molecule has 0 bridgehead atoms. The van der Waals surface area contributed by atoms with Gasteiger partial charge in [0.05, 0.1) is 5.54 Å². The van der Waals surface area contributed by atoms with E-state index in [1.807, 2.05) is 11.3 Å². The van der Waals surface area contributed by atoms with E-state index in [1.54, 1.807) is 4.88 Å². The number of unbranched alkanes of at least 4 members (excludes halogenated alkanes) is 2. The number of hydrogen-bond acceptors (Lipinski definition) is 2. The third kappa shape index (κ3) is 3.32. The van der Waals surface area contributed by atoms with Crippen molar-refractivity contribution in [3.8, 4) is 0 Å². The minimum Gasteiger partial charge on any atom is -0.307 e. The molecule has 114 valence electrons. The lowest BCUT2D eigenvalue weighted by Gasteiger charge is -2.38. The first-order chi connectivity index (χ1) is 10.3. The second-order valence-corrected chi connectivity index (χ2v) is 7.51. The second kappa shape index (κ2) is 6.93. The summed E-state index contributed by atoms with van der Waals surface area (Å²) >= 11 is 2.00. The molecule has 2 heteroatoms. The van der Waals surface area contributed by atoms with Crippen molar-refractivity contribution in [1.82, 2.24) is 5.32 Å². The molecule has 0 radical (unpaired) electrons. The molecular formula is C19H27NS. The topological polar surface area (TPSA) is 12.0 Å². The number of nitrogens with one attached hydrogen (secondary N) is 1. The molecule has 1 heterocycles. The highest BCUT2D eigenvalue weighted by Crippen LogP contribution is 2.42. The van der Waals surface area contributed by atoms with Gasteiger partial charge in [0.25, 0.3) is 0 Å². The lowest BCUT2D eigenvalue weighted by Crippen LogP contribution is -2.43. The number of hydrogen-bond donors (Lipinski definition) is 1. The average molecular weight is 301 g/mol. The van der Waals surface area contributed by atoms with Gasteiger partial charge in [-0.05, 0) is 43.3 Å². The molecule has 1 nitrogen and oxygen atoms in total. The van der Waals surface area contributed by atoms with Crippen molar-refractivity contribution in [1.29, 1.82) is 0 Å². The van der Waals surface area contributed by atoms with Crippen molar-refractivity contribution < 1.29 is 0 Å². The highest BCUT2D eigenvalue weighted by Gasteiger charge is 2.34. The van der Waals surface area contributed by atoms with Crippen LogP contribution in [0.5, 0.6) is 0 Å². The van der Waals surface area contributed by atoms with E-state index >= 15 is 0 Å². The summed E-state index contributed by atoms with van der Waals surface area (Å²) in [6.45, 7) is 3.45. The van der Waals surface area contributed by atoms with Crippen LogP contribution < -0.4 is 5.32 Å². The van der Waals surface area contributed by atoms with Crippen molar-refractivity contribution in [2.75, 3.05) is 6.54 Å². The summed E-state index contributed by atoms with van der Waals surface area (Å²) in [6, 6.07) is 11.3. The lowest BCUT2D eigenvalue weighted by atomic mass is 9.80. The molecule has 1 aliphatic carbocycles. The van der Waals surface area contributed by atoms with Crippen LogP contribution in [0.25, 0.3) is 10.1 Å². The first-order valence-corrected chi connectivity index (χ1v) is 9.40. The van der Waals surface area contributed by atoms with Crippen LogP contribution >= 0.6 is 11.3 Å². The molecule has 1 aromatic carbocycles. The molecule has 1 fully saturated rings. The van der Waals surface area contributed by atoms with Gasteiger partial charge in [0.15, 0.2) is 0 Å². The Morgan fingerprint density at radius 2 is 1.90 bits per heavy atom. The molecule has 1 aromatic heterocycles. The molecule has 0 atom stereocenters. The van der Waals surface area contributed by atoms with Crippen LogP contribution in [0.4, 0.5) is 0 Å². The zero-order valence-corrected chi connectivity index (χ0v) is 14.0. The Labute approximate surface area is 132 Å². The molecule has 1 aliphatic rings. The Hall–Kier alpha value is -0.860. The van der Waals surface area contributed by atoms with Gasteiger partial charge in [0.1, 0.15) is 0 Å². The standard InChI is InChI=1S/C19H27NS/c1-2-3-9-14-20-19(12-7-4-8-13-19)18-15-16-10-5-6-11-17(16)21-18/h5-6,10-11,15,20H,2-4,7-9,12-14H2,1H3. The maximum atomic E-state index is 3.96. The number of rotatable bonds is 6. The van der Waals surface area contributed by atoms with Crippen molar-refractivity contribution in [3.63, 3.8) is 0 Å². The maximum Gasteiger partial charge on any atom is 0.0529 e. The molecule has 21 heavy (non-hydrogen) atoms. The van der Waals surface area contributed by atoms with Gasteiger partial charge in [-0.1, -0.05) is 57.2 Å². The molecule has 0 amide bonds. The van der Waals surface area contributed by atoms with E-state index in [2.05, 4.69) is 42.6 Å². The van der Waals surface area contributed by atoms with Crippen molar-refractivity contribution >= 4 is 21.4 Å². The molecule has 0 unspecified atom stereocenters. The highest BCUT2D eigenvalue weighted by atomic mass is 32.1. The fraction of sp³-hybridized carbons (Fsp3) is 0.579. The lowest BCUT2D eigenvalue weighted by molar-refractivity contribution is 0.237. The molecule has 3 rings (SSSR count). The predicted octanol–water partition coefficient (Wildman–Crippen LogP) is 5.84. The van der Waals surface area contributed by atoms with Crippen LogP contribution in [-0.2, 0) is 5.54 Å². The second-order valence-electron chi connectivity index (χ2n) is 6.43. The first-order valence-electron chi connectivity index (χ1n) is 8.58. The van der Waals surface area contributed by atoms with E-state index in [0.29, 0.717) is 0 Å². The highest BCUT2D eigenvalue weighted by molar-refractivity contribution is 7.19.